The number of amides is 1. The van der Waals surface area contributed by atoms with Crippen LogP contribution in [0.5, 0.6) is 17.4 Å². The summed E-state index contributed by atoms with van der Waals surface area (Å²) in [6, 6.07) is 11.6. The summed E-state index contributed by atoms with van der Waals surface area (Å²) in [5, 5.41) is 0. The SMILES string of the molecule is O=C1c2c(ccnc2Oc2ccc(OC(F)(F)F)cc2F)CN1Cc1ccc(Br)cc1. The van der Waals surface area contributed by atoms with Gasteiger partial charge in [-0.15, -0.1) is 13.2 Å². The number of ether oxygens (including phenoxy) is 2. The van der Waals surface area contributed by atoms with Crippen LogP contribution in [-0.4, -0.2) is 22.2 Å². The molecule has 0 bridgehead atoms. The van der Waals surface area contributed by atoms with Crippen molar-refractivity contribution in [2.24, 2.45) is 0 Å². The number of aromatic nitrogens is 1. The Bertz CT molecular complexity index is 1140. The summed E-state index contributed by atoms with van der Waals surface area (Å²) in [5.41, 5.74) is 1.77. The molecule has 0 fully saturated rings. The Labute approximate surface area is 182 Å². The zero-order chi connectivity index (χ0) is 22.2. The van der Waals surface area contributed by atoms with Gasteiger partial charge in [-0.1, -0.05) is 28.1 Å². The predicted molar refractivity (Wildman–Crippen MR) is 105 cm³/mol. The molecule has 1 aromatic heterocycles. The van der Waals surface area contributed by atoms with E-state index in [2.05, 4.69) is 25.7 Å². The quantitative estimate of drug-likeness (QED) is 0.417. The van der Waals surface area contributed by atoms with E-state index in [1.165, 1.54) is 6.20 Å². The molecule has 2 aromatic carbocycles. The van der Waals surface area contributed by atoms with Gasteiger partial charge < -0.3 is 14.4 Å². The smallest absolute Gasteiger partial charge is 0.435 e. The van der Waals surface area contributed by atoms with Gasteiger partial charge in [-0.05, 0) is 41.5 Å². The molecule has 4 rings (SSSR count). The van der Waals surface area contributed by atoms with Gasteiger partial charge in [0, 0.05) is 29.8 Å². The first-order chi connectivity index (χ1) is 14.7. The lowest BCUT2D eigenvalue weighted by Crippen LogP contribution is -2.23. The van der Waals surface area contributed by atoms with Crippen LogP contribution in [0.1, 0.15) is 21.5 Å². The monoisotopic (exact) mass is 496 g/mol. The number of pyridine rings is 1. The molecule has 0 N–H and O–H groups in total. The Kier molecular flexibility index (Phi) is 5.57. The second-order valence-electron chi connectivity index (χ2n) is 6.68. The van der Waals surface area contributed by atoms with E-state index in [1.807, 2.05) is 24.3 Å². The summed E-state index contributed by atoms with van der Waals surface area (Å²) in [5.74, 6) is -2.64. The highest BCUT2D eigenvalue weighted by Crippen LogP contribution is 2.35. The zero-order valence-corrected chi connectivity index (χ0v) is 17.2. The molecule has 0 aliphatic carbocycles. The summed E-state index contributed by atoms with van der Waals surface area (Å²) in [6.07, 6.45) is -3.52. The standard InChI is InChI=1S/C21H13BrF4N2O3/c22-14-3-1-12(2-4-14)10-28-11-13-7-8-27-19(18(13)20(28)29)30-17-6-5-15(9-16(17)23)31-21(24,25)26/h1-9H,10-11H2. The van der Waals surface area contributed by atoms with Crippen molar-refractivity contribution in [2.75, 3.05) is 0 Å². The minimum Gasteiger partial charge on any atom is -0.435 e. The van der Waals surface area contributed by atoms with Crippen LogP contribution in [0.25, 0.3) is 0 Å². The third kappa shape index (κ3) is 4.79. The number of hydrogen-bond donors (Lipinski definition) is 0. The molecule has 160 valence electrons. The average molecular weight is 497 g/mol. The highest BCUT2D eigenvalue weighted by Gasteiger charge is 2.33. The van der Waals surface area contributed by atoms with Gasteiger partial charge in [-0.2, -0.15) is 0 Å². The molecule has 0 saturated heterocycles. The minimum absolute atomic E-state index is 0.121. The Morgan fingerprint density at radius 1 is 1.10 bits per heavy atom. The van der Waals surface area contributed by atoms with Crippen molar-refractivity contribution in [3.8, 4) is 17.4 Å². The molecule has 0 atom stereocenters. The molecular weight excluding hydrogens is 484 g/mol. The van der Waals surface area contributed by atoms with Crippen LogP contribution in [0, 0.1) is 5.82 Å². The first kappa shape index (κ1) is 21.1. The van der Waals surface area contributed by atoms with E-state index in [-0.39, 0.29) is 23.1 Å². The van der Waals surface area contributed by atoms with Crippen LogP contribution in [0.2, 0.25) is 0 Å². The average Bonchev–Trinajstić information content (AvgIpc) is 3.01. The first-order valence-electron chi connectivity index (χ1n) is 8.94. The van der Waals surface area contributed by atoms with Crippen molar-refractivity contribution in [2.45, 2.75) is 19.5 Å². The molecule has 10 heteroatoms. The second kappa shape index (κ2) is 8.18. The summed E-state index contributed by atoms with van der Waals surface area (Å²) in [4.78, 5) is 18.5. The highest BCUT2D eigenvalue weighted by atomic mass is 79.9. The van der Waals surface area contributed by atoms with Crippen molar-refractivity contribution in [3.63, 3.8) is 0 Å². The number of carbonyl (C=O) groups is 1. The number of benzene rings is 2. The van der Waals surface area contributed by atoms with E-state index in [0.29, 0.717) is 24.7 Å². The number of halogens is 5. The maximum Gasteiger partial charge on any atom is 0.573 e. The van der Waals surface area contributed by atoms with Gasteiger partial charge in [0.2, 0.25) is 5.88 Å². The van der Waals surface area contributed by atoms with Gasteiger partial charge >= 0.3 is 6.36 Å². The zero-order valence-electron chi connectivity index (χ0n) is 15.6. The Morgan fingerprint density at radius 2 is 1.84 bits per heavy atom. The van der Waals surface area contributed by atoms with Gasteiger partial charge in [-0.25, -0.2) is 9.37 Å². The highest BCUT2D eigenvalue weighted by molar-refractivity contribution is 9.10. The van der Waals surface area contributed by atoms with Crippen LogP contribution in [0.15, 0.2) is 59.2 Å². The maximum atomic E-state index is 14.3. The fourth-order valence-electron chi connectivity index (χ4n) is 3.16. The molecule has 31 heavy (non-hydrogen) atoms. The van der Waals surface area contributed by atoms with E-state index in [4.69, 9.17) is 4.74 Å². The third-order valence-corrected chi connectivity index (χ3v) is 5.02. The summed E-state index contributed by atoms with van der Waals surface area (Å²) in [6.45, 7) is 0.683. The topological polar surface area (TPSA) is 51.7 Å². The van der Waals surface area contributed by atoms with E-state index in [1.54, 1.807) is 11.0 Å². The fraction of sp³-hybridized carbons (Fsp3) is 0.143. The van der Waals surface area contributed by atoms with Crippen molar-refractivity contribution in [1.82, 2.24) is 9.88 Å². The maximum absolute atomic E-state index is 14.3. The molecule has 1 aliphatic heterocycles. The van der Waals surface area contributed by atoms with Crippen molar-refractivity contribution in [1.29, 1.82) is 0 Å². The molecule has 0 radical (unpaired) electrons. The van der Waals surface area contributed by atoms with Gasteiger partial charge in [0.25, 0.3) is 5.91 Å². The predicted octanol–water partition coefficient (Wildman–Crippen LogP) is 5.83. The summed E-state index contributed by atoms with van der Waals surface area (Å²) >= 11 is 3.36. The minimum atomic E-state index is -4.94. The van der Waals surface area contributed by atoms with Crippen molar-refractivity contribution < 1.29 is 31.8 Å². The molecule has 0 unspecified atom stereocenters. The van der Waals surface area contributed by atoms with Crippen LogP contribution in [-0.2, 0) is 13.1 Å². The van der Waals surface area contributed by atoms with E-state index >= 15 is 0 Å². The van der Waals surface area contributed by atoms with Crippen LogP contribution < -0.4 is 9.47 Å². The number of alkyl halides is 3. The molecule has 0 spiro atoms. The van der Waals surface area contributed by atoms with Gasteiger partial charge in [0.05, 0.1) is 0 Å². The van der Waals surface area contributed by atoms with Crippen LogP contribution >= 0.6 is 15.9 Å². The normalized spacial score (nSPS) is 13.3. The van der Waals surface area contributed by atoms with Crippen molar-refractivity contribution >= 4 is 21.8 Å². The number of carbonyl (C=O) groups excluding carboxylic acids is 1. The lowest BCUT2D eigenvalue weighted by atomic mass is 10.2. The number of nitrogens with zero attached hydrogens (tertiary/aromatic N) is 2. The Hall–Kier alpha value is -3.14. The van der Waals surface area contributed by atoms with Gasteiger partial charge in [0.1, 0.15) is 11.3 Å². The second-order valence-corrected chi connectivity index (χ2v) is 7.60. The van der Waals surface area contributed by atoms with Gasteiger partial charge in [0.15, 0.2) is 11.6 Å². The van der Waals surface area contributed by atoms with E-state index in [9.17, 15) is 22.4 Å². The molecule has 5 nitrogen and oxygen atoms in total. The number of hydrogen-bond acceptors (Lipinski definition) is 4. The first-order valence-corrected chi connectivity index (χ1v) is 9.73. The van der Waals surface area contributed by atoms with Crippen LogP contribution in [0.4, 0.5) is 17.6 Å². The van der Waals surface area contributed by atoms with Crippen molar-refractivity contribution in [3.05, 3.63) is 81.7 Å². The molecule has 1 amide bonds. The Morgan fingerprint density at radius 3 is 2.52 bits per heavy atom. The summed E-state index contributed by atoms with van der Waals surface area (Å²) in [7, 11) is 0. The van der Waals surface area contributed by atoms with Gasteiger partial charge in [-0.3, -0.25) is 4.79 Å². The molecule has 0 saturated carbocycles. The molecule has 3 aromatic rings. The molecule has 2 heterocycles. The third-order valence-electron chi connectivity index (χ3n) is 4.50. The lowest BCUT2D eigenvalue weighted by molar-refractivity contribution is -0.274. The Balaban J connectivity index is 1.55. The largest absolute Gasteiger partial charge is 0.573 e. The van der Waals surface area contributed by atoms with Crippen LogP contribution in [0.3, 0.4) is 0 Å². The van der Waals surface area contributed by atoms with E-state index < -0.39 is 17.9 Å². The molecule has 1 aliphatic rings. The molecular formula is C21H13BrF4N2O3. The fourth-order valence-corrected chi connectivity index (χ4v) is 3.42. The number of fused-ring (bicyclic) bond motifs is 1. The van der Waals surface area contributed by atoms with E-state index in [0.717, 1.165) is 22.2 Å². The number of rotatable bonds is 5. The lowest BCUT2D eigenvalue weighted by Gasteiger charge is -2.16. The summed E-state index contributed by atoms with van der Waals surface area (Å²) < 4.78 is 61.2.